The molecule has 0 aromatic heterocycles. The second kappa shape index (κ2) is 5.57. The second-order valence-corrected chi connectivity index (χ2v) is 4.65. The van der Waals surface area contributed by atoms with Crippen LogP contribution in [0, 0.1) is 11.3 Å². The summed E-state index contributed by atoms with van der Waals surface area (Å²) in [4.78, 5) is 13.8. The Bertz CT molecular complexity index is 493. The Hall–Kier alpha value is -1.28. The summed E-state index contributed by atoms with van der Waals surface area (Å²) >= 11 is 12.0. The molecule has 1 saturated heterocycles. The number of carbonyl (C=O) groups is 1. The van der Waals surface area contributed by atoms with Crippen molar-refractivity contribution in [2.24, 2.45) is 0 Å². The van der Waals surface area contributed by atoms with Gasteiger partial charge in [-0.05, 0) is 12.1 Å². The Morgan fingerprint density at radius 2 is 2.11 bits per heavy atom. The van der Waals surface area contributed by atoms with Gasteiger partial charge in [-0.3, -0.25) is 4.79 Å². The highest BCUT2D eigenvalue weighted by atomic mass is 35.5. The van der Waals surface area contributed by atoms with Gasteiger partial charge in [0.2, 0.25) is 0 Å². The predicted molar refractivity (Wildman–Crippen MR) is 67.7 cm³/mol. The van der Waals surface area contributed by atoms with Crippen molar-refractivity contribution in [1.82, 2.24) is 4.90 Å². The van der Waals surface area contributed by atoms with Crippen LogP contribution in [0.5, 0.6) is 0 Å². The molecule has 1 aliphatic rings. The molecule has 0 saturated carbocycles. The van der Waals surface area contributed by atoms with E-state index in [0.717, 1.165) is 0 Å². The number of hydrogen-bond acceptors (Lipinski definition) is 3. The van der Waals surface area contributed by atoms with Gasteiger partial charge in [0.1, 0.15) is 0 Å². The largest absolute Gasteiger partial charge is 0.360 e. The lowest BCUT2D eigenvalue weighted by Gasteiger charge is -2.30. The lowest BCUT2D eigenvalue weighted by atomic mass is 10.1. The van der Waals surface area contributed by atoms with Gasteiger partial charge < -0.3 is 9.64 Å². The molecule has 1 aromatic rings. The van der Waals surface area contributed by atoms with Gasteiger partial charge in [0.15, 0.2) is 6.10 Å². The Morgan fingerprint density at radius 1 is 1.44 bits per heavy atom. The molecular formula is C12H10Cl2N2O2. The van der Waals surface area contributed by atoms with Crippen LogP contribution in [0.2, 0.25) is 10.0 Å². The van der Waals surface area contributed by atoms with E-state index in [1.54, 1.807) is 18.2 Å². The van der Waals surface area contributed by atoms with E-state index in [1.165, 1.54) is 4.90 Å². The molecule has 1 aliphatic heterocycles. The molecule has 0 aliphatic carbocycles. The number of nitrogens with zero attached hydrogens (tertiary/aromatic N) is 2. The number of hydrogen-bond donors (Lipinski definition) is 0. The molecule has 0 spiro atoms. The third kappa shape index (κ3) is 2.59. The van der Waals surface area contributed by atoms with Gasteiger partial charge in [0.05, 0.1) is 34.8 Å². The normalized spacial score (nSPS) is 19.4. The molecule has 0 N–H and O–H groups in total. The van der Waals surface area contributed by atoms with Gasteiger partial charge in [-0.1, -0.05) is 29.3 Å². The SMILES string of the molecule is N#CC1CN(C(=O)c2c(Cl)cccc2Cl)CCO1. The molecule has 0 radical (unpaired) electrons. The molecular weight excluding hydrogens is 275 g/mol. The Kier molecular flexibility index (Phi) is 4.07. The lowest BCUT2D eigenvalue weighted by Crippen LogP contribution is -2.45. The van der Waals surface area contributed by atoms with Crippen molar-refractivity contribution in [3.05, 3.63) is 33.8 Å². The highest BCUT2D eigenvalue weighted by Gasteiger charge is 2.27. The summed E-state index contributed by atoms with van der Waals surface area (Å²) < 4.78 is 5.18. The lowest BCUT2D eigenvalue weighted by molar-refractivity contribution is 0.00348. The monoisotopic (exact) mass is 284 g/mol. The van der Waals surface area contributed by atoms with Gasteiger partial charge in [-0.15, -0.1) is 0 Å². The van der Waals surface area contributed by atoms with Crippen LogP contribution in [-0.2, 0) is 4.74 Å². The second-order valence-electron chi connectivity index (χ2n) is 3.84. The maximum absolute atomic E-state index is 12.3. The summed E-state index contributed by atoms with van der Waals surface area (Å²) in [6, 6.07) is 6.89. The summed E-state index contributed by atoms with van der Waals surface area (Å²) in [7, 11) is 0. The molecule has 4 nitrogen and oxygen atoms in total. The maximum atomic E-state index is 12.3. The summed E-state index contributed by atoms with van der Waals surface area (Å²) in [5.74, 6) is -0.269. The molecule has 2 rings (SSSR count). The standard InChI is InChI=1S/C12H10Cl2N2O2/c13-9-2-1-3-10(14)11(9)12(17)16-4-5-18-8(6-15)7-16/h1-3,8H,4-5,7H2. The summed E-state index contributed by atoms with van der Waals surface area (Å²) in [5.41, 5.74) is 0.277. The van der Waals surface area contributed by atoms with Crippen molar-refractivity contribution in [2.75, 3.05) is 19.7 Å². The molecule has 1 aromatic carbocycles. The number of rotatable bonds is 1. The highest BCUT2D eigenvalue weighted by Crippen LogP contribution is 2.26. The average Bonchev–Trinajstić information content (AvgIpc) is 2.38. The predicted octanol–water partition coefficient (Wildman–Crippen LogP) is 2.36. The van der Waals surface area contributed by atoms with Crippen LogP contribution in [0.25, 0.3) is 0 Å². The van der Waals surface area contributed by atoms with Crippen LogP contribution >= 0.6 is 23.2 Å². The maximum Gasteiger partial charge on any atom is 0.257 e. The van der Waals surface area contributed by atoms with Crippen LogP contribution in [0.15, 0.2) is 18.2 Å². The highest BCUT2D eigenvalue weighted by molar-refractivity contribution is 6.39. The summed E-state index contributed by atoms with van der Waals surface area (Å²) in [6.07, 6.45) is -0.594. The third-order valence-electron chi connectivity index (χ3n) is 2.67. The van der Waals surface area contributed by atoms with Crippen LogP contribution in [-0.4, -0.2) is 36.6 Å². The van der Waals surface area contributed by atoms with Crippen molar-refractivity contribution in [2.45, 2.75) is 6.10 Å². The first-order chi connectivity index (χ1) is 8.63. The van der Waals surface area contributed by atoms with E-state index in [-0.39, 0.29) is 18.0 Å². The Morgan fingerprint density at radius 3 is 2.72 bits per heavy atom. The first-order valence-electron chi connectivity index (χ1n) is 5.38. The number of carbonyl (C=O) groups excluding carboxylic acids is 1. The smallest absolute Gasteiger partial charge is 0.257 e. The minimum absolute atomic E-state index is 0.233. The molecule has 1 fully saturated rings. The zero-order valence-corrected chi connectivity index (χ0v) is 10.9. The summed E-state index contributed by atoms with van der Waals surface area (Å²) in [6.45, 7) is 1.00. The molecule has 94 valence electrons. The molecule has 1 unspecified atom stereocenters. The van der Waals surface area contributed by atoms with Gasteiger partial charge >= 0.3 is 0 Å². The molecule has 1 atom stereocenters. The fourth-order valence-corrected chi connectivity index (χ4v) is 2.33. The van der Waals surface area contributed by atoms with E-state index in [4.69, 9.17) is 33.2 Å². The van der Waals surface area contributed by atoms with Crippen molar-refractivity contribution >= 4 is 29.1 Å². The van der Waals surface area contributed by atoms with Gasteiger partial charge in [0, 0.05) is 6.54 Å². The summed E-state index contributed by atoms with van der Waals surface area (Å²) in [5, 5.41) is 9.43. The number of morpholine rings is 1. The van der Waals surface area contributed by atoms with Gasteiger partial charge in [0.25, 0.3) is 5.91 Å². The van der Waals surface area contributed by atoms with E-state index in [0.29, 0.717) is 23.2 Å². The van der Waals surface area contributed by atoms with Gasteiger partial charge in [-0.2, -0.15) is 5.26 Å². The average molecular weight is 285 g/mol. The van der Waals surface area contributed by atoms with E-state index in [2.05, 4.69) is 0 Å². The topological polar surface area (TPSA) is 53.3 Å². The van der Waals surface area contributed by atoms with Crippen molar-refractivity contribution < 1.29 is 9.53 Å². The molecule has 6 heteroatoms. The zero-order chi connectivity index (χ0) is 13.1. The van der Waals surface area contributed by atoms with Crippen molar-refractivity contribution in [1.29, 1.82) is 5.26 Å². The number of benzene rings is 1. The zero-order valence-electron chi connectivity index (χ0n) is 9.40. The number of amides is 1. The van der Waals surface area contributed by atoms with E-state index in [9.17, 15) is 4.79 Å². The van der Waals surface area contributed by atoms with Crippen LogP contribution < -0.4 is 0 Å². The first-order valence-corrected chi connectivity index (χ1v) is 6.13. The third-order valence-corrected chi connectivity index (χ3v) is 3.30. The van der Waals surface area contributed by atoms with Gasteiger partial charge in [-0.25, -0.2) is 0 Å². The molecule has 1 amide bonds. The van der Waals surface area contributed by atoms with Crippen LogP contribution in [0.4, 0.5) is 0 Å². The Balaban J connectivity index is 2.24. The first kappa shape index (κ1) is 13.2. The number of halogens is 2. The number of nitriles is 1. The number of ether oxygens (including phenoxy) is 1. The van der Waals surface area contributed by atoms with Crippen LogP contribution in [0.3, 0.4) is 0 Å². The van der Waals surface area contributed by atoms with Crippen molar-refractivity contribution in [3.63, 3.8) is 0 Å². The minimum Gasteiger partial charge on any atom is -0.360 e. The minimum atomic E-state index is -0.594. The fraction of sp³-hybridized carbons (Fsp3) is 0.333. The fourth-order valence-electron chi connectivity index (χ4n) is 1.77. The quantitative estimate of drug-likeness (QED) is 0.796. The van der Waals surface area contributed by atoms with E-state index < -0.39 is 6.10 Å². The van der Waals surface area contributed by atoms with E-state index >= 15 is 0 Å². The van der Waals surface area contributed by atoms with Crippen molar-refractivity contribution in [3.8, 4) is 6.07 Å². The van der Waals surface area contributed by atoms with Crippen LogP contribution in [0.1, 0.15) is 10.4 Å². The Labute approximate surface area is 115 Å². The molecule has 1 heterocycles. The van der Waals surface area contributed by atoms with E-state index in [1.807, 2.05) is 6.07 Å². The molecule has 18 heavy (non-hydrogen) atoms. The molecule has 0 bridgehead atoms.